The maximum atomic E-state index is 12.3. The molecular formula is C18H18ClN3O3. The Morgan fingerprint density at radius 2 is 2.08 bits per heavy atom. The van der Waals surface area contributed by atoms with Crippen LogP contribution in [0.4, 0.5) is 0 Å². The summed E-state index contributed by atoms with van der Waals surface area (Å²) in [5, 5.41) is 7.36. The smallest absolute Gasteiger partial charge is 0.273 e. The van der Waals surface area contributed by atoms with Crippen molar-refractivity contribution in [2.75, 3.05) is 13.1 Å². The Balaban J connectivity index is 1.58. The van der Waals surface area contributed by atoms with E-state index < -0.39 is 0 Å². The van der Waals surface area contributed by atoms with E-state index in [0.717, 1.165) is 5.56 Å². The fourth-order valence-corrected chi connectivity index (χ4v) is 2.79. The lowest BCUT2D eigenvalue weighted by Gasteiger charge is -2.41. The Morgan fingerprint density at radius 3 is 2.72 bits per heavy atom. The predicted molar refractivity (Wildman–Crippen MR) is 94.1 cm³/mol. The molecule has 2 aromatic rings. The minimum absolute atomic E-state index is 0.0722. The first kappa shape index (κ1) is 17.2. The van der Waals surface area contributed by atoms with Crippen LogP contribution in [0, 0.1) is 5.92 Å². The lowest BCUT2D eigenvalue weighted by molar-refractivity contribution is -0.132. The van der Waals surface area contributed by atoms with Gasteiger partial charge in [0.1, 0.15) is 0 Å². The monoisotopic (exact) mass is 359 g/mol. The molecule has 1 aromatic heterocycles. The van der Waals surface area contributed by atoms with Crippen molar-refractivity contribution in [2.24, 2.45) is 5.92 Å². The summed E-state index contributed by atoms with van der Waals surface area (Å²) in [6, 6.07) is 8.61. The van der Waals surface area contributed by atoms with Gasteiger partial charge in [0.2, 0.25) is 5.91 Å². The van der Waals surface area contributed by atoms with Gasteiger partial charge < -0.3 is 14.7 Å². The number of nitrogens with zero attached hydrogens (tertiary/aromatic N) is 2. The molecule has 1 aromatic carbocycles. The summed E-state index contributed by atoms with van der Waals surface area (Å²) in [7, 11) is 0. The molecule has 1 N–H and O–H groups in total. The summed E-state index contributed by atoms with van der Waals surface area (Å²) in [4.78, 5) is 25.5. The van der Waals surface area contributed by atoms with Crippen LogP contribution in [0.3, 0.4) is 0 Å². The van der Waals surface area contributed by atoms with Crippen LogP contribution in [-0.4, -0.2) is 41.0 Å². The molecule has 0 spiro atoms. The first-order chi connectivity index (χ1) is 12.0. The van der Waals surface area contributed by atoms with Crippen LogP contribution < -0.4 is 5.32 Å². The average molecular weight is 360 g/mol. The van der Waals surface area contributed by atoms with Gasteiger partial charge >= 0.3 is 0 Å². The van der Waals surface area contributed by atoms with Crippen molar-refractivity contribution in [3.05, 3.63) is 53.7 Å². The molecule has 1 atom stereocenters. The zero-order chi connectivity index (χ0) is 18.0. The summed E-state index contributed by atoms with van der Waals surface area (Å²) < 4.78 is 5.24. The fraction of sp³-hybridized carbons (Fsp3) is 0.278. The van der Waals surface area contributed by atoms with Gasteiger partial charge in [-0.3, -0.25) is 9.59 Å². The zero-order valence-corrected chi connectivity index (χ0v) is 14.5. The fourth-order valence-electron chi connectivity index (χ4n) is 2.67. The van der Waals surface area contributed by atoms with E-state index in [4.69, 9.17) is 16.1 Å². The third kappa shape index (κ3) is 3.74. The van der Waals surface area contributed by atoms with Gasteiger partial charge in [-0.1, -0.05) is 23.3 Å². The van der Waals surface area contributed by atoms with Crippen LogP contribution >= 0.6 is 11.6 Å². The molecule has 2 amide bonds. The third-order valence-corrected chi connectivity index (χ3v) is 4.59. The van der Waals surface area contributed by atoms with Crippen LogP contribution in [0.5, 0.6) is 0 Å². The predicted octanol–water partition coefficient (Wildman–Crippen LogP) is 2.76. The van der Waals surface area contributed by atoms with Crippen LogP contribution in [0.1, 0.15) is 17.4 Å². The van der Waals surface area contributed by atoms with Crippen molar-refractivity contribution in [3.8, 4) is 11.3 Å². The number of aromatic nitrogens is 1. The molecule has 1 aliphatic heterocycles. The maximum absolute atomic E-state index is 12.3. The normalized spacial score (nSPS) is 15.4. The third-order valence-electron chi connectivity index (χ3n) is 4.33. The highest BCUT2D eigenvalue weighted by Gasteiger charge is 2.34. The van der Waals surface area contributed by atoms with E-state index in [-0.39, 0.29) is 29.5 Å². The summed E-state index contributed by atoms with van der Waals surface area (Å²) in [6.45, 7) is 6.61. The molecule has 7 heteroatoms. The molecule has 1 fully saturated rings. The first-order valence-corrected chi connectivity index (χ1v) is 8.30. The van der Waals surface area contributed by atoms with Gasteiger partial charge in [-0.05, 0) is 37.3 Å². The number of rotatable bonds is 5. The second-order valence-corrected chi connectivity index (χ2v) is 6.49. The van der Waals surface area contributed by atoms with Gasteiger partial charge in [-0.2, -0.15) is 0 Å². The topological polar surface area (TPSA) is 75.4 Å². The Hall–Kier alpha value is -2.60. The average Bonchev–Trinajstić information content (AvgIpc) is 3.04. The zero-order valence-electron chi connectivity index (χ0n) is 13.7. The van der Waals surface area contributed by atoms with Gasteiger partial charge in [0, 0.05) is 41.7 Å². The van der Waals surface area contributed by atoms with Gasteiger partial charge in [0.25, 0.3) is 5.91 Å². The molecule has 6 nitrogen and oxygen atoms in total. The van der Waals surface area contributed by atoms with E-state index in [0.29, 0.717) is 23.9 Å². The molecule has 0 saturated carbocycles. The van der Waals surface area contributed by atoms with Crippen molar-refractivity contribution in [1.29, 1.82) is 0 Å². The van der Waals surface area contributed by atoms with Crippen LogP contribution in [0.15, 0.2) is 47.5 Å². The summed E-state index contributed by atoms with van der Waals surface area (Å²) >= 11 is 5.86. The number of nitrogens with one attached hydrogen (secondary N) is 1. The largest absolute Gasteiger partial charge is 0.355 e. The first-order valence-electron chi connectivity index (χ1n) is 7.93. The SMILES string of the molecule is C=CC(=O)N1CC(C(C)NC(=O)c2cc(-c3ccc(Cl)cc3)on2)C1. The quantitative estimate of drug-likeness (QED) is 0.833. The molecule has 25 heavy (non-hydrogen) atoms. The van der Waals surface area contributed by atoms with E-state index in [1.165, 1.54) is 6.08 Å². The van der Waals surface area contributed by atoms with Crippen molar-refractivity contribution in [2.45, 2.75) is 13.0 Å². The highest BCUT2D eigenvalue weighted by atomic mass is 35.5. The van der Waals surface area contributed by atoms with Crippen molar-refractivity contribution < 1.29 is 14.1 Å². The number of carbonyl (C=O) groups excluding carboxylic acids is 2. The molecule has 0 radical (unpaired) electrons. The standard InChI is InChI=1S/C18H18ClN3O3/c1-3-17(23)22-9-13(10-22)11(2)20-18(24)15-8-16(25-21-15)12-4-6-14(19)7-5-12/h3-8,11,13H,1,9-10H2,2H3,(H,20,24). The molecule has 130 valence electrons. The number of hydrogen-bond acceptors (Lipinski definition) is 4. The number of carbonyl (C=O) groups is 2. The molecular weight excluding hydrogens is 342 g/mol. The molecule has 1 saturated heterocycles. The van der Waals surface area contributed by atoms with E-state index in [2.05, 4.69) is 17.1 Å². The highest BCUT2D eigenvalue weighted by Crippen LogP contribution is 2.23. The van der Waals surface area contributed by atoms with Crippen molar-refractivity contribution >= 4 is 23.4 Å². The van der Waals surface area contributed by atoms with E-state index in [1.807, 2.05) is 6.92 Å². The molecule has 3 rings (SSSR count). The summed E-state index contributed by atoms with van der Waals surface area (Å²) in [6.07, 6.45) is 1.30. The van der Waals surface area contributed by atoms with Crippen molar-refractivity contribution in [3.63, 3.8) is 0 Å². The number of hydrogen-bond donors (Lipinski definition) is 1. The minimum atomic E-state index is -0.301. The van der Waals surface area contributed by atoms with Crippen LogP contribution in [0.2, 0.25) is 5.02 Å². The van der Waals surface area contributed by atoms with Crippen LogP contribution in [-0.2, 0) is 4.79 Å². The maximum Gasteiger partial charge on any atom is 0.273 e. The van der Waals surface area contributed by atoms with Gasteiger partial charge in [0.05, 0.1) is 0 Å². The Kier molecular flexibility index (Phi) is 4.90. The molecule has 0 aliphatic carbocycles. The van der Waals surface area contributed by atoms with E-state index in [1.54, 1.807) is 35.2 Å². The van der Waals surface area contributed by atoms with Crippen LogP contribution in [0.25, 0.3) is 11.3 Å². The Labute approximate surface area is 150 Å². The minimum Gasteiger partial charge on any atom is -0.355 e. The van der Waals surface area contributed by atoms with Gasteiger partial charge in [0.15, 0.2) is 11.5 Å². The van der Waals surface area contributed by atoms with Gasteiger partial charge in [-0.25, -0.2) is 0 Å². The molecule has 0 bridgehead atoms. The summed E-state index contributed by atoms with van der Waals surface area (Å²) in [5.74, 6) is 0.334. The lowest BCUT2D eigenvalue weighted by atomic mass is 9.92. The second kappa shape index (κ2) is 7.11. The molecule has 1 unspecified atom stereocenters. The van der Waals surface area contributed by atoms with Crippen molar-refractivity contribution in [1.82, 2.24) is 15.4 Å². The highest BCUT2D eigenvalue weighted by molar-refractivity contribution is 6.30. The molecule has 2 heterocycles. The Morgan fingerprint density at radius 1 is 1.40 bits per heavy atom. The second-order valence-electron chi connectivity index (χ2n) is 6.05. The van der Waals surface area contributed by atoms with E-state index >= 15 is 0 Å². The number of benzene rings is 1. The van der Waals surface area contributed by atoms with Gasteiger partial charge in [-0.15, -0.1) is 0 Å². The van der Waals surface area contributed by atoms with E-state index in [9.17, 15) is 9.59 Å². The number of amides is 2. The Bertz CT molecular complexity index is 794. The number of likely N-dealkylation sites (tertiary alicyclic amines) is 1. The molecule has 1 aliphatic rings. The lowest BCUT2D eigenvalue weighted by Crippen LogP contribution is -2.57. The summed E-state index contributed by atoms with van der Waals surface area (Å²) in [5.41, 5.74) is 1.01. The number of halogens is 1.